The first-order chi connectivity index (χ1) is 13.8. The van der Waals surface area contributed by atoms with Crippen LogP contribution >= 0.6 is 0 Å². The fraction of sp³-hybridized carbons (Fsp3) is 0.136. The molecule has 0 aliphatic rings. The van der Waals surface area contributed by atoms with E-state index in [-0.39, 0.29) is 21.6 Å². The van der Waals surface area contributed by atoms with E-state index in [9.17, 15) is 12.6 Å². The monoisotopic (exact) mass is 426 g/mol. The first-order valence-corrected chi connectivity index (χ1v) is 12.1. The number of hydrogen-bond donors (Lipinski definition) is 0. The molecule has 0 aliphatic heterocycles. The van der Waals surface area contributed by atoms with Gasteiger partial charge in [0.2, 0.25) is 0 Å². The van der Waals surface area contributed by atoms with Gasteiger partial charge in [0.1, 0.15) is 14.8 Å². The molecule has 0 spiro atoms. The second-order valence-corrected chi connectivity index (χ2v) is 10.6. The van der Waals surface area contributed by atoms with Crippen molar-refractivity contribution in [2.45, 2.75) is 22.8 Å². The highest BCUT2D eigenvalue weighted by atomic mass is 32.3. The number of aryl methyl sites for hydroxylation is 1. The van der Waals surface area contributed by atoms with Gasteiger partial charge in [0.05, 0.1) is 4.90 Å². The molecule has 0 radical (unpaired) electrons. The molecule has 1 unspecified atom stereocenters. The summed E-state index contributed by atoms with van der Waals surface area (Å²) >= 11 is 0. The van der Waals surface area contributed by atoms with Crippen molar-refractivity contribution in [1.29, 1.82) is 0 Å². The van der Waals surface area contributed by atoms with Crippen LogP contribution in [0, 0.1) is 6.92 Å². The summed E-state index contributed by atoms with van der Waals surface area (Å²) in [5.74, 6) is -0.384. The summed E-state index contributed by atoms with van der Waals surface area (Å²) < 4.78 is 43.7. The van der Waals surface area contributed by atoms with E-state index in [1.54, 1.807) is 36.4 Å². The molecule has 2 aromatic carbocycles. The van der Waals surface area contributed by atoms with Gasteiger partial charge in [-0.15, -0.1) is 10.3 Å². The van der Waals surface area contributed by atoms with E-state index in [0.29, 0.717) is 0 Å². The predicted octanol–water partition coefficient (Wildman–Crippen LogP) is 4.58. The Labute approximate surface area is 172 Å². The SMILES string of the molecule is C=C[C@H](CS(=O)(=NS(=O)(=O)c1ccc(C)cc1)c1ccccn1)c1ccccc1. The summed E-state index contributed by atoms with van der Waals surface area (Å²) in [6.45, 7) is 5.70. The van der Waals surface area contributed by atoms with E-state index >= 15 is 0 Å². The number of pyridine rings is 1. The molecule has 0 amide bonds. The van der Waals surface area contributed by atoms with Crippen molar-refractivity contribution < 1.29 is 12.6 Å². The van der Waals surface area contributed by atoms with Crippen LogP contribution < -0.4 is 0 Å². The molecule has 5 nitrogen and oxygen atoms in total. The third-order valence-corrected chi connectivity index (χ3v) is 8.74. The molecule has 150 valence electrons. The zero-order chi connectivity index (χ0) is 20.9. The second kappa shape index (κ2) is 8.71. The van der Waals surface area contributed by atoms with Gasteiger partial charge in [-0.05, 0) is 36.8 Å². The second-order valence-electron chi connectivity index (χ2n) is 6.59. The fourth-order valence-corrected chi connectivity index (χ4v) is 6.99. The Hall–Kier alpha value is -2.77. The Morgan fingerprint density at radius 3 is 2.21 bits per heavy atom. The van der Waals surface area contributed by atoms with Gasteiger partial charge >= 0.3 is 0 Å². The summed E-state index contributed by atoms with van der Waals surface area (Å²) in [7, 11) is -7.53. The normalized spacial score (nSPS) is 14.5. The molecular formula is C22H22N2O3S2. The van der Waals surface area contributed by atoms with Crippen LogP contribution in [0.15, 0.2) is 105 Å². The molecule has 0 bridgehead atoms. The quantitative estimate of drug-likeness (QED) is 0.518. The molecule has 3 rings (SSSR count). The molecule has 0 N–H and O–H groups in total. The number of sulfonamides is 1. The highest BCUT2D eigenvalue weighted by molar-refractivity contribution is 8.03. The fourth-order valence-electron chi connectivity index (χ4n) is 2.85. The third-order valence-electron chi connectivity index (χ3n) is 4.42. The maximum Gasteiger partial charge on any atom is 0.290 e. The number of allylic oxidation sites excluding steroid dienone is 1. The van der Waals surface area contributed by atoms with Crippen LogP contribution in [0.5, 0.6) is 0 Å². The molecule has 0 saturated carbocycles. The number of nitrogens with zero attached hydrogens (tertiary/aromatic N) is 2. The highest BCUT2D eigenvalue weighted by Crippen LogP contribution is 2.26. The lowest BCUT2D eigenvalue weighted by molar-refractivity contribution is 0.597. The summed E-state index contributed by atoms with van der Waals surface area (Å²) in [6.07, 6.45) is 3.14. The van der Waals surface area contributed by atoms with E-state index in [4.69, 9.17) is 0 Å². The van der Waals surface area contributed by atoms with Gasteiger partial charge < -0.3 is 0 Å². The van der Waals surface area contributed by atoms with Crippen molar-refractivity contribution >= 4 is 19.8 Å². The number of aromatic nitrogens is 1. The van der Waals surface area contributed by atoms with Gasteiger partial charge in [0.25, 0.3) is 10.0 Å². The van der Waals surface area contributed by atoms with Crippen molar-refractivity contribution in [3.05, 3.63) is 103 Å². The lowest BCUT2D eigenvalue weighted by atomic mass is 10.0. The summed E-state index contributed by atoms with van der Waals surface area (Å²) in [5.41, 5.74) is 1.80. The topological polar surface area (TPSA) is 76.5 Å². The van der Waals surface area contributed by atoms with Gasteiger partial charge in [-0.2, -0.15) is 8.42 Å². The zero-order valence-electron chi connectivity index (χ0n) is 16.0. The summed E-state index contributed by atoms with van der Waals surface area (Å²) in [5, 5.41) is 0.137. The van der Waals surface area contributed by atoms with E-state index in [1.165, 1.54) is 18.3 Å². The van der Waals surface area contributed by atoms with Gasteiger partial charge in [-0.25, -0.2) is 9.19 Å². The van der Waals surface area contributed by atoms with E-state index < -0.39 is 19.8 Å². The first kappa shape index (κ1) is 21.0. The average molecular weight is 427 g/mol. The molecule has 0 saturated heterocycles. The molecule has 0 aliphatic carbocycles. The molecule has 2 atom stereocenters. The minimum Gasteiger partial charge on any atom is -0.246 e. The van der Waals surface area contributed by atoms with Crippen molar-refractivity contribution in [1.82, 2.24) is 4.98 Å². The van der Waals surface area contributed by atoms with Crippen molar-refractivity contribution in [3.8, 4) is 0 Å². The van der Waals surface area contributed by atoms with Crippen LogP contribution in [-0.2, 0) is 19.8 Å². The van der Waals surface area contributed by atoms with Gasteiger partial charge in [-0.1, -0.05) is 60.2 Å². The van der Waals surface area contributed by atoms with Crippen LogP contribution in [0.4, 0.5) is 0 Å². The van der Waals surface area contributed by atoms with Crippen LogP contribution in [-0.4, -0.2) is 23.4 Å². The van der Waals surface area contributed by atoms with Crippen LogP contribution in [0.25, 0.3) is 0 Å². The molecule has 7 heteroatoms. The molecule has 1 aromatic heterocycles. The van der Waals surface area contributed by atoms with Crippen LogP contribution in [0.1, 0.15) is 17.0 Å². The van der Waals surface area contributed by atoms with E-state index in [1.807, 2.05) is 37.3 Å². The largest absolute Gasteiger partial charge is 0.290 e. The Bertz CT molecular complexity index is 1200. The zero-order valence-corrected chi connectivity index (χ0v) is 17.6. The Morgan fingerprint density at radius 2 is 1.62 bits per heavy atom. The maximum absolute atomic E-state index is 13.9. The Morgan fingerprint density at radius 1 is 0.966 bits per heavy atom. The lowest BCUT2D eigenvalue weighted by Crippen LogP contribution is -2.17. The molecular weight excluding hydrogens is 404 g/mol. The molecule has 3 aromatic rings. The van der Waals surface area contributed by atoms with Crippen molar-refractivity contribution in [2.24, 2.45) is 3.77 Å². The Balaban J connectivity index is 2.14. The standard InChI is InChI=1S/C22H22N2O3S2/c1-3-19(20-9-5-4-6-10-20)17-28(25,22-11-7-8-16-23-22)24-29(26,27)21-14-12-18(2)13-15-21/h3-16,19H,1,17H2,2H3/t19-,28?/m1/s1. The average Bonchev–Trinajstić information content (AvgIpc) is 2.73. The van der Waals surface area contributed by atoms with Gasteiger partial charge in [0, 0.05) is 17.9 Å². The minimum atomic E-state index is -4.14. The predicted molar refractivity (Wildman–Crippen MR) is 116 cm³/mol. The number of rotatable bonds is 7. The first-order valence-electron chi connectivity index (χ1n) is 9.00. The van der Waals surface area contributed by atoms with E-state index in [2.05, 4.69) is 15.3 Å². The number of benzene rings is 2. The smallest absolute Gasteiger partial charge is 0.246 e. The Kier molecular flexibility index (Phi) is 6.30. The third kappa shape index (κ3) is 4.99. The highest BCUT2D eigenvalue weighted by Gasteiger charge is 2.25. The number of hydrogen-bond acceptors (Lipinski definition) is 4. The molecule has 0 fully saturated rings. The maximum atomic E-state index is 13.9. The van der Waals surface area contributed by atoms with Crippen LogP contribution in [0.3, 0.4) is 0 Å². The van der Waals surface area contributed by atoms with Crippen molar-refractivity contribution in [2.75, 3.05) is 5.75 Å². The van der Waals surface area contributed by atoms with Gasteiger partial charge in [-0.3, -0.25) is 0 Å². The minimum absolute atomic E-state index is 0.00150. The lowest BCUT2D eigenvalue weighted by Gasteiger charge is -2.16. The van der Waals surface area contributed by atoms with E-state index in [0.717, 1.165) is 11.1 Å². The van der Waals surface area contributed by atoms with Crippen molar-refractivity contribution in [3.63, 3.8) is 0 Å². The van der Waals surface area contributed by atoms with Crippen LogP contribution in [0.2, 0.25) is 0 Å². The molecule has 29 heavy (non-hydrogen) atoms. The van der Waals surface area contributed by atoms with Gasteiger partial charge in [0.15, 0.2) is 0 Å². The summed E-state index contributed by atoms with van der Waals surface area (Å²) in [4.78, 5) is 4.16. The summed E-state index contributed by atoms with van der Waals surface area (Å²) in [6, 6.07) is 20.6. The molecule has 1 heterocycles.